The molecule has 1 aromatic rings. The largest absolute Gasteiger partial charge is 0.432 e. The number of aromatic nitrogens is 2. The van der Waals surface area contributed by atoms with Crippen LogP contribution in [0.4, 0.5) is 0 Å². The number of hydrogen-bond donors (Lipinski definition) is 1. The summed E-state index contributed by atoms with van der Waals surface area (Å²) in [6.45, 7) is 0.693. The van der Waals surface area contributed by atoms with Gasteiger partial charge in [-0.25, -0.2) is 5.10 Å². The quantitative estimate of drug-likeness (QED) is 0.605. The molecule has 0 spiro atoms. The monoisotopic (exact) mass is 162 g/mol. The summed E-state index contributed by atoms with van der Waals surface area (Å²) in [7, 11) is 0. The van der Waals surface area contributed by atoms with Crippen molar-refractivity contribution in [1.29, 1.82) is 0 Å². The molecule has 0 fully saturated rings. The molecule has 3 nitrogen and oxygen atoms in total. The van der Waals surface area contributed by atoms with E-state index in [-0.39, 0.29) is 25.2 Å². The normalized spacial score (nSPS) is 8.56. The Morgan fingerprint density at radius 1 is 1.67 bits per heavy atom. The summed E-state index contributed by atoms with van der Waals surface area (Å²) in [5.41, 5.74) is 0. The molecule has 9 heavy (non-hydrogen) atoms. The van der Waals surface area contributed by atoms with E-state index < -0.39 is 0 Å². The van der Waals surface area contributed by atoms with Crippen molar-refractivity contribution in [2.24, 2.45) is 0 Å². The minimum atomic E-state index is 0. The van der Waals surface area contributed by atoms with Gasteiger partial charge in [0.25, 0.3) is 0 Å². The fourth-order valence-electron chi connectivity index (χ4n) is 0.485. The predicted octanol–water partition coefficient (Wildman–Crippen LogP) is -0.327. The molecule has 4 heteroatoms. The fraction of sp³-hybridized carbons (Fsp3) is 0.400. The molecule has 1 heterocycles. The Kier molecular flexibility index (Phi) is 4.49. The second kappa shape index (κ2) is 4.62. The average molecular weight is 162 g/mol. The molecule has 0 saturated carbocycles. The maximum atomic E-state index is 8.36. The van der Waals surface area contributed by atoms with E-state index >= 15 is 0 Å². The van der Waals surface area contributed by atoms with Crippen molar-refractivity contribution in [2.75, 3.05) is 6.61 Å². The Labute approximate surface area is 65.6 Å². The van der Waals surface area contributed by atoms with E-state index in [0.717, 1.165) is 0 Å². The molecule has 1 rings (SSSR count). The zero-order chi connectivity index (χ0) is 5.82. The molecule has 0 aliphatic carbocycles. The van der Waals surface area contributed by atoms with Gasteiger partial charge in [0.1, 0.15) is 0 Å². The van der Waals surface area contributed by atoms with E-state index in [4.69, 9.17) is 5.11 Å². The molecule has 0 bridgehead atoms. The first-order valence-corrected chi connectivity index (χ1v) is 2.43. The maximum Gasteiger partial charge on any atom is 0.0626 e. The Morgan fingerprint density at radius 3 is 2.89 bits per heavy atom. The molecule has 49 valence electrons. The number of nitrogens with zero attached hydrogens (tertiary/aromatic N) is 2. The number of aliphatic hydroxyl groups is 1. The third kappa shape index (κ3) is 2.70. The van der Waals surface area contributed by atoms with Crippen LogP contribution in [-0.4, -0.2) is 21.5 Å². The van der Waals surface area contributed by atoms with Crippen molar-refractivity contribution in [1.82, 2.24) is 9.78 Å². The summed E-state index contributed by atoms with van der Waals surface area (Å²) in [5, 5.41) is 12.2. The second-order valence-corrected chi connectivity index (χ2v) is 1.43. The van der Waals surface area contributed by atoms with Crippen LogP contribution in [0.3, 0.4) is 0 Å². The van der Waals surface area contributed by atoms with Gasteiger partial charge < -0.3 is 15.9 Å². The molecule has 0 aliphatic rings. The van der Waals surface area contributed by atoms with Gasteiger partial charge in [-0.05, 0) is 0 Å². The van der Waals surface area contributed by atoms with E-state index in [1.165, 1.54) is 0 Å². The molecule has 0 aromatic carbocycles. The fourth-order valence-corrected chi connectivity index (χ4v) is 0.485. The summed E-state index contributed by atoms with van der Waals surface area (Å²) in [6.07, 6.45) is 3.26. The van der Waals surface area contributed by atoms with E-state index in [2.05, 4.69) is 11.2 Å². The first-order chi connectivity index (χ1) is 3.93. The van der Waals surface area contributed by atoms with Crippen molar-refractivity contribution < 1.29 is 23.7 Å². The van der Waals surface area contributed by atoms with Gasteiger partial charge in [0.15, 0.2) is 0 Å². The third-order valence-corrected chi connectivity index (χ3v) is 0.833. The van der Waals surface area contributed by atoms with Gasteiger partial charge in [-0.1, -0.05) is 0 Å². The summed E-state index contributed by atoms with van der Waals surface area (Å²) in [5.74, 6) is 0. The first kappa shape index (κ1) is 8.75. The summed E-state index contributed by atoms with van der Waals surface area (Å²) in [6, 6.07) is 2.76. The predicted molar refractivity (Wildman–Crippen MR) is 28.1 cm³/mol. The molecule has 1 N–H and O–H groups in total. The standard InChI is InChI=1S/C5H7N2O.V/c8-5-4-7-3-1-2-6-7;/h2-3,8H,4-5H2;/q-1;. The van der Waals surface area contributed by atoms with Crippen LogP contribution in [-0.2, 0) is 25.1 Å². The van der Waals surface area contributed by atoms with Crippen LogP contribution in [0.15, 0.2) is 12.4 Å². The zero-order valence-electron chi connectivity index (χ0n) is 4.86. The third-order valence-electron chi connectivity index (χ3n) is 0.833. The average Bonchev–Trinajstić information content (AvgIpc) is 2.19. The van der Waals surface area contributed by atoms with Crippen LogP contribution in [0.2, 0.25) is 0 Å². The van der Waals surface area contributed by atoms with Crippen molar-refractivity contribution in [2.45, 2.75) is 6.54 Å². The maximum absolute atomic E-state index is 8.36. The molecule has 1 radical (unpaired) electrons. The van der Waals surface area contributed by atoms with Crippen LogP contribution in [0.5, 0.6) is 0 Å². The number of rotatable bonds is 2. The number of hydrogen-bond acceptors (Lipinski definition) is 2. The minimum Gasteiger partial charge on any atom is -0.432 e. The molecule has 0 amide bonds. The van der Waals surface area contributed by atoms with E-state index in [0.29, 0.717) is 6.54 Å². The van der Waals surface area contributed by atoms with Gasteiger partial charge >= 0.3 is 0 Å². The Morgan fingerprint density at radius 2 is 2.44 bits per heavy atom. The molecule has 0 atom stereocenters. The summed E-state index contributed by atoms with van der Waals surface area (Å²) in [4.78, 5) is 0. The van der Waals surface area contributed by atoms with Crippen LogP contribution in [0, 0.1) is 6.07 Å². The van der Waals surface area contributed by atoms with E-state index in [9.17, 15) is 0 Å². The molecule has 0 aliphatic heterocycles. The second-order valence-electron chi connectivity index (χ2n) is 1.43. The van der Waals surface area contributed by atoms with Crippen molar-refractivity contribution in [3.05, 3.63) is 18.5 Å². The summed E-state index contributed by atoms with van der Waals surface area (Å²) < 4.78 is 1.62. The van der Waals surface area contributed by atoms with Crippen LogP contribution < -0.4 is 0 Å². The summed E-state index contributed by atoms with van der Waals surface area (Å²) >= 11 is 0. The van der Waals surface area contributed by atoms with Gasteiger partial charge in [0.05, 0.1) is 13.2 Å². The van der Waals surface area contributed by atoms with Gasteiger partial charge in [0.2, 0.25) is 0 Å². The Bertz CT molecular complexity index is 141. The van der Waals surface area contributed by atoms with Crippen molar-refractivity contribution in [3.8, 4) is 0 Å². The van der Waals surface area contributed by atoms with Gasteiger partial charge in [-0.3, -0.25) is 0 Å². The van der Waals surface area contributed by atoms with Gasteiger partial charge in [-0.15, -0.1) is 6.20 Å². The van der Waals surface area contributed by atoms with E-state index in [1.807, 2.05) is 0 Å². The van der Waals surface area contributed by atoms with Crippen molar-refractivity contribution >= 4 is 0 Å². The number of aliphatic hydroxyl groups excluding tert-OH is 1. The topological polar surface area (TPSA) is 38.0 Å². The molecular weight excluding hydrogens is 155 g/mol. The zero-order valence-corrected chi connectivity index (χ0v) is 6.25. The smallest absolute Gasteiger partial charge is 0.0626 e. The minimum absolute atomic E-state index is 0. The molecular formula is C5H7N2OV-. The van der Waals surface area contributed by atoms with E-state index in [1.54, 1.807) is 17.1 Å². The van der Waals surface area contributed by atoms with Crippen molar-refractivity contribution in [3.63, 3.8) is 0 Å². The van der Waals surface area contributed by atoms with Crippen LogP contribution in [0.25, 0.3) is 0 Å². The SMILES string of the molecule is OCCn1c[c-]cn1.[V]. The first-order valence-electron chi connectivity index (χ1n) is 2.43. The van der Waals surface area contributed by atoms with Gasteiger partial charge in [0, 0.05) is 18.6 Å². The van der Waals surface area contributed by atoms with Gasteiger partial charge in [-0.2, -0.15) is 6.20 Å². The molecule has 0 saturated heterocycles. The molecule has 0 unspecified atom stereocenters. The van der Waals surface area contributed by atoms with Crippen LogP contribution in [0.1, 0.15) is 0 Å². The Hall–Kier alpha value is -0.246. The molecule has 1 aromatic heterocycles. The Balaban J connectivity index is 0.000000640. The van der Waals surface area contributed by atoms with Crippen LogP contribution >= 0.6 is 0 Å².